The molecule has 0 unspecified atom stereocenters. The van der Waals surface area contributed by atoms with Crippen LogP contribution in [-0.2, 0) is 13.0 Å². The normalized spacial score (nSPS) is 14.7. The second-order valence-electron chi connectivity index (χ2n) is 7.31. The summed E-state index contributed by atoms with van der Waals surface area (Å²) in [5, 5.41) is 4.06. The van der Waals surface area contributed by atoms with E-state index < -0.39 is 0 Å². The van der Waals surface area contributed by atoms with Gasteiger partial charge in [0.1, 0.15) is 5.82 Å². The molecule has 1 saturated heterocycles. The largest absolute Gasteiger partial charge is 0.369 e. The Labute approximate surface area is 181 Å². The van der Waals surface area contributed by atoms with Crippen LogP contribution in [0.15, 0.2) is 48.5 Å². The van der Waals surface area contributed by atoms with Gasteiger partial charge in [0.15, 0.2) is 0 Å². The highest BCUT2D eigenvalue weighted by molar-refractivity contribution is 6.30. The zero-order chi connectivity index (χ0) is 20.9. The highest BCUT2D eigenvalue weighted by Gasteiger charge is 2.19. The van der Waals surface area contributed by atoms with Gasteiger partial charge in [-0.15, -0.1) is 0 Å². The Balaban J connectivity index is 1.40. The number of nitrogens with one attached hydrogen (secondary N) is 1. The molecule has 0 spiro atoms. The predicted molar refractivity (Wildman–Crippen MR) is 122 cm³/mol. The van der Waals surface area contributed by atoms with Crippen LogP contribution in [0.2, 0.25) is 5.02 Å². The van der Waals surface area contributed by atoms with Crippen molar-refractivity contribution in [3.8, 4) is 0 Å². The average Bonchev–Trinajstić information content (AvgIpc) is 2.74. The van der Waals surface area contributed by atoms with E-state index in [0.717, 1.165) is 49.0 Å². The number of hydrogen-bond acceptors (Lipinski definition) is 7. The summed E-state index contributed by atoms with van der Waals surface area (Å²) in [7, 11) is 0. The summed E-state index contributed by atoms with van der Waals surface area (Å²) >= 11 is 6.13. The van der Waals surface area contributed by atoms with Crippen LogP contribution in [0.3, 0.4) is 0 Å². The smallest absolute Gasteiger partial charge is 0.232 e. The third-order valence-corrected chi connectivity index (χ3v) is 5.49. The summed E-state index contributed by atoms with van der Waals surface area (Å²) in [6, 6.07) is 16.1. The maximum Gasteiger partial charge on any atom is 0.232 e. The lowest BCUT2D eigenvalue weighted by Gasteiger charge is -2.35. The number of hydrogen-bond donors (Lipinski definition) is 2. The standard InChI is InChI=1S/C22H26ClN7/c1-2-16-6-3-4-9-19(16)25-22-27-20(26-21(24)28-22)15-29-10-12-30(13-11-29)18-8-5-7-17(23)14-18/h3-9,14H,2,10-13,15H2,1H3,(H3,24,25,26,27,28). The third-order valence-electron chi connectivity index (χ3n) is 5.25. The highest BCUT2D eigenvalue weighted by atomic mass is 35.5. The van der Waals surface area contributed by atoms with Crippen molar-refractivity contribution in [1.29, 1.82) is 0 Å². The molecule has 1 fully saturated rings. The first-order valence-electron chi connectivity index (χ1n) is 10.2. The van der Waals surface area contributed by atoms with Gasteiger partial charge in [-0.3, -0.25) is 4.90 Å². The van der Waals surface area contributed by atoms with Crippen LogP contribution in [0.1, 0.15) is 18.3 Å². The zero-order valence-electron chi connectivity index (χ0n) is 17.1. The van der Waals surface area contributed by atoms with E-state index in [1.165, 1.54) is 5.56 Å². The van der Waals surface area contributed by atoms with E-state index in [1.54, 1.807) is 0 Å². The Morgan fingerprint density at radius 2 is 1.80 bits per heavy atom. The zero-order valence-corrected chi connectivity index (χ0v) is 17.8. The molecule has 7 nitrogen and oxygen atoms in total. The Kier molecular flexibility index (Phi) is 6.30. The molecule has 8 heteroatoms. The number of aryl methyl sites for hydroxylation is 1. The van der Waals surface area contributed by atoms with Crippen molar-refractivity contribution >= 4 is 34.9 Å². The van der Waals surface area contributed by atoms with Crippen LogP contribution < -0.4 is 16.0 Å². The van der Waals surface area contributed by atoms with Crippen molar-refractivity contribution < 1.29 is 0 Å². The fraction of sp³-hybridized carbons (Fsp3) is 0.318. The van der Waals surface area contributed by atoms with Crippen LogP contribution in [-0.4, -0.2) is 46.0 Å². The lowest BCUT2D eigenvalue weighted by Crippen LogP contribution is -2.46. The van der Waals surface area contributed by atoms with Gasteiger partial charge in [-0.25, -0.2) is 0 Å². The molecule has 1 aliphatic heterocycles. The van der Waals surface area contributed by atoms with Crippen molar-refractivity contribution in [1.82, 2.24) is 19.9 Å². The minimum Gasteiger partial charge on any atom is -0.369 e. The molecule has 2 heterocycles. The van der Waals surface area contributed by atoms with E-state index in [1.807, 2.05) is 36.4 Å². The van der Waals surface area contributed by atoms with Crippen LogP contribution in [0, 0.1) is 0 Å². The number of aromatic nitrogens is 3. The van der Waals surface area contributed by atoms with E-state index >= 15 is 0 Å². The van der Waals surface area contributed by atoms with Gasteiger partial charge in [0.05, 0.1) is 6.54 Å². The monoisotopic (exact) mass is 423 g/mol. The predicted octanol–water partition coefficient (Wildman–Crippen LogP) is 3.74. The number of halogens is 1. The van der Waals surface area contributed by atoms with Gasteiger partial charge in [0.2, 0.25) is 11.9 Å². The van der Waals surface area contributed by atoms with E-state index in [4.69, 9.17) is 17.3 Å². The molecule has 1 aromatic heterocycles. The Hall–Kier alpha value is -2.90. The van der Waals surface area contributed by atoms with Gasteiger partial charge in [-0.1, -0.05) is 42.8 Å². The first-order chi connectivity index (χ1) is 14.6. The molecule has 3 N–H and O–H groups in total. The lowest BCUT2D eigenvalue weighted by atomic mass is 10.1. The molecule has 30 heavy (non-hydrogen) atoms. The van der Waals surface area contributed by atoms with E-state index in [9.17, 15) is 0 Å². The van der Waals surface area contributed by atoms with Crippen LogP contribution in [0.25, 0.3) is 0 Å². The fourth-order valence-corrected chi connectivity index (χ4v) is 3.86. The molecule has 2 aromatic carbocycles. The fourth-order valence-electron chi connectivity index (χ4n) is 3.67. The molecule has 0 atom stereocenters. The summed E-state index contributed by atoms with van der Waals surface area (Å²) in [4.78, 5) is 17.9. The van der Waals surface area contributed by atoms with Gasteiger partial charge in [0, 0.05) is 42.6 Å². The number of nitrogens with two attached hydrogens (primary N) is 1. The SMILES string of the molecule is CCc1ccccc1Nc1nc(N)nc(CN2CCN(c3cccc(Cl)c3)CC2)n1. The quantitative estimate of drug-likeness (QED) is 0.624. The molecule has 0 saturated carbocycles. The average molecular weight is 424 g/mol. The van der Waals surface area contributed by atoms with Crippen LogP contribution in [0.4, 0.5) is 23.3 Å². The molecule has 1 aliphatic rings. The molecular formula is C22H26ClN7. The third kappa shape index (κ3) is 4.98. The maximum atomic E-state index is 6.13. The molecule has 0 amide bonds. The van der Waals surface area contributed by atoms with Crippen LogP contribution in [0.5, 0.6) is 0 Å². The van der Waals surface area contributed by atoms with Gasteiger partial charge in [-0.2, -0.15) is 15.0 Å². The van der Waals surface area contributed by atoms with Crippen molar-refractivity contribution in [2.75, 3.05) is 42.1 Å². The Morgan fingerprint density at radius 1 is 1.00 bits per heavy atom. The minimum absolute atomic E-state index is 0.231. The number of para-hydroxylation sites is 1. The van der Waals surface area contributed by atoms with Gasteiger partial charge in [0.25, 0.3) is 0 Å². The van der Waals surface area contributed by atoms with Crippen molar-refractivity contribution in [2.24, 2.45) is 0 Å². The summed E-state index contributed by atoms with van der Waals surface area (Å²) in [6.07, 6.45) is 0.924. The van der Waals surface area contributed by atoms with Crippen LogP contribution >= 0.6 is 11.6 Å². The molecule has 3 aromatic rings. The van der Waals surface area contributed by atoms with Crippen molar-refractivity contribution in [2.45, 2.75) is 19.9 Å². The number of rotatable bonds is 6. The highest BCUT2D eigenvalue weighted by Crippen LogP contribution is 2.22. The molecular weight excluding hydrogens is 398 g/mol. The Morgan fingerprint density at radius 3 is 2.57 bits per heavy atom. The second-order valence-corrected chi connectivity index (χ2v) is 7.75. The molecule has 4 rings (SSSR count). The first-order valence-corrected chi connectivity index (χ1v) is 10.6. The van der Waals surface area contributed by atoms with Gasteiger partial charge < -0.3 is 16.0 Å². The second kappa shape index (κ2) is 9.28. The summed E-state index contributed by atoms with van der Waals surface area (Å²) < 4.78 is 0. The minimum atomic E-state index is 0.231. The molecule has 156 valence electrons. The van der Waals surface area contributed by atoms with E-state index in [2.05, 4.69) is 49.1 Å². The van der Waals surface area contributed by atoms with Crippen molar-refractivity contribution in [3.05, 3.63) is 64.9 Å². The number of nitrogen functional groups attached to an aromatic ring is 1. The number of benzene rings is 2. The maximum absolute atomic E-state index is 6.13. The lowest BCUT2D eigenvalue weighted by molar-refractivity contribution is 0.244. The number of piperazine rings is 1. The van der Waals surface area contributed by atoms with E-state index in [-0.39, 0.29) is 5.95 Å². The van der Waals surface area contributed by atoms with Gasteiger partial charge >= 0.3 is 0 Å². The molecule has 0 bridgehead atoms. The van der Waals surface area contributed by atoms with Gasteiger partial charge in [-0.05, 0) is 36.2 Å². The number of anilines is 4. The van der Waals surface area contributed by atoms with E-state index in [0.29, 0.717) is 18.3 Å². The molecule has 0 aliphatic carbocycles. The summed E-state index contributed by atoms with van der Waals surface area (Å²) in [6.45, 7) is 6.45. The number of nitrogens with zero attached hydrogens (tertiary/aromatic N) is 5. The summed E-state index contributed by atoms with van der Waals surface area (Å²) in [5.41, 5.74) is 9.32. The first kappa shape index (κ1) is 20.4. The molecule has 0 radical (unpaired) electrons. The van der Waals surface area contributed by atoms with Crippen molar-refractivity contribution in [3.63, 3.8) is 0 Å². The topological polar surface area (TPSA) is 83.2 Å². The summed E-state index contributed by atoms with van der Waals surface area (Å²) in [5.74, 6) is 1.39. The Bertz CT molecular complexity index is 1000.